The largest absolute Gasteiger partial charge is 0.473 e. The molecule has 0 amide bonds. The summed E-state index contributed by atoms with van der Waals surface area (Å²) in [5.74, 6) is 0.968. The molecule has 0 aliphatic carbocycles. The number of nitrogens with two attached hydrogens (primary N) is 1. The molecule has 0 unspecified atom stereocenters. The van der Waals surface area contributed by atoms with Gasteiger partial charge in [0.15, 0.2) is 5.96 Å². The van der Waals surface area contributed by atoms with E-state index in [1.807, 2.05) is 60.7 Å². The minimum absolute atomic E-state index is 0.392. The number of ether oxygens (including phenoxy) is 1. The van der Waals surface area contributed by atoms with E-state index in [9.17, 15) is 0 Å². The van der Waals surface area contributed by atoms with Gasteiger partial charge in [-0.3, -0.25) is 4.98 Å². The molecule has 1 aromatic carbocycles. The lowest BCUT2D eigenvalue weighted by Crippen LogP contribution is -2.33. The Hall–Kier alpha value is -3.41. The number of nitrogens with one attached hydrogen (secondary N) is 1. The Bertz CT molecular complexity index is 853. The van der Waals surface area contributed by atoms with Gasteiger partial charge in [-0.2, -0.15) is 0 Å². The van der Waals surface area contributed by atoms with Crippen LogP contribution in [0.3, 0.4) is 0 Å². The molecule has 0 saturated heterocycles. The number of benzene rings is 1. The average Bonchev–Trinajstić information content (AvgIpc) is 2.73. The van der Waals surface area contributed by atoms with Gasteiger partial charge in [-0.1, -0.05) is 42.5 Å². The van der Waals surface area contributed by atoms with Crippen molar-refractivity contribution < 1.29 is 4.74 Å². The second kappa shape index (κ2) is 9.91. The van der Waals surface area contributed by atoms with E-state index in [0.29, 0.717) is 31.5 Å². The summed E-state index contributed by atoms with van der Waals surface area (Å²) in [5.41, 5.74) is 8.96. The highest BCUT2D eigenvalue weighted by Gasteiger charge is 2.05. The van der Waals surface area contributed by atoms with Crippen molar-refractivity contribution in [2.45, 2.75) is 19.6 Å². The number of pyridine rings is 2. The molecule has 0 aliphatic heterocycles. The fraction of sp³-hybridized carbons (Fsp3) is 0.190. The molecule has 3 aromatic rings. The molecule has 138 valence electrons. The summed E-state index contributed by atoms with van der Waals surface area (Å²) < 4.78 is 5.84. The van der Waals surface area contributed by atoms with E-state index in [0.717, 1.165) is 23.2 Å². The molecule has 6 heteroatoms. The maximum absolute atomic E-state index is 5.96. The van der Waals surface area contributed by atoms with E-state index in [1.54, 1.807) is 12.4 Å². The fourth-order valence-electron chi connectivity index (χ4n) is 2.49. The Morgan fingerprint density at radius 1 is 0.963 bits per heavy atom. The van der Waals surface area contributed by atoms with Gasteiger partial charge in [0.05, 0.1) is 6.54 Å². The summed E-state index contributed by atoms with van der Waals surface area (Å²) >= 11 is 0. The molecule has 0 bridgehead atoms. The van der Waals surface area contributed by atoms with Crippen LogP contribution in [0.2, 0.25) is 0 Å². The van der Waals surface area contributed by atoms with Crippen LogP contribution in [-0.2, 0) is 19.6 Å². The maximum atomic E-state index is 5.96. The van der Waals surface area contributed by atoms with Crippen LogP contribution in [0, 0.1) is 0 Å². The van der Waals surface area contributed by atoms with Crippen LogP contribution in [0.4, 0.5) is 0 Å². The zero-order valence-electron chi connectivity index (χ0n) is 15.1. The third-order valence-electron chi connectivity index (χ3n) is 3.90. The Morgan fingerprint density at radius 2 is 1.78 bits per heavy atom. The quantitative estimate of drug-likeness (QED) is 0.476. The molecule has 0 radical (unpaired) electrons. The highest BCUT2D eigenvalue weighted by atomic mass is 16.5. The van der Waals surface area contributed by atoms with Gasteiger partial charge >= 0.3 is 0 Å². The summed E-state index contributed by atoms with van der Waals surface area (Å²) in [6.45, 7) is 1.55. The summed E-state index contributed by atoms with van der Waals surface area (Å²) in [6, 6.07) is 19.7. The van der Waals surface area contributed by atoms with Crippen molar-refractivity contribution in [2.24, 2.45) is 10.7 Å². The van der Waals surface area contributed by atoms with Crippen LogP contribution >= 0.6 is 0 Å². The van der Waals surface area contributed by atoms with Gasteiger partial charge in [-0.25, -0.2) is 9.98 Å². The number of aliphatic imine (C=N–C) groups is 1. The first-order valence-corrected chi connectivity index (χ1v) is 8.85. The van der Waals surface area contributed by atoms with Gasteiger partial charge in [0, 0.05) is 36.6 Å². The Morgan fingerprint density at radius 3 is 2.59 bits per heavy atom. The minimum atomic E-state index is 0.392. The normalized spacial score (nSPS) is 11.2. The molecule has 6 nitrogen and oxygen atoms in total. The standard InChI is InChI=1S/C21H23N5O/c22-21(25-14-11-19-10-4-5-12-23-19)26-15-18-9-6-13-24-20(18)27-16-17-7-2-1-3-8-17/h1-10,12-13H,11,14-16H2,(H3,22,25,26). The third-order valence-corrected chi connectivity index (χ3v) is 3.90. The van der Waals surface area contributed by atoms with E-state index in [-0.39, 0.29) is 0 Å². The van der Waals surface area contributed by atoms with Crippen LogP contribution in [-0.4, -0.2) is 22.5 Å². The summed E-state index contributed by atoms with van der Waals surface area (Å²) in [5, 5.41) is 3.11. The smallest absolute Gasteiger partial charge is 0.218 e. The number of hydrogen-bond acceptors (Lipinski definition) is 4. The van der Waals surface area contributed by atoms with Crippen LogP contribution in [0.25, 0.3) is 0 Å². The van der Waals surface area contributed by atoms with E-state index < -0.39 is 0 Å². The predicted octanol–water partition coefficient (Wildman–Crippen LogP) is 2.70. The number of nitrogens with zero attached hydrogens (tertiary/aromatic N) is 3. The molecular weight excluding hydrogens is 338 g/mol. The van der Waals surface area contributed by atoms with Crippen molar-refractivity contribution in [2.75, 3.05) is 6.54 Å². The molecule has 0 aliphatic rings. The lowest BCUT2D eigenvalue weighted by atomic mass is 10.2. The topological polar surface area (TPSA) is 85.4 Å². The average molecular weight is 361 g/mol. The van der Waals surface area contributed by atoms with Crippen molar-refractivity contribution in [3.05, 3.63) is 89.9 Å². The van der Waals surface area contributed by atoms with Gasteiger partial charge in [0.1, 0.15) is 6.61 Å². The number of aromatic nitrogens is 2. The molecule has 27 heavy (non-hydrogen) atoms. The van der Waals surface area contributed by atoms with E-state index in [2.05, 4.69) is 20.3 Å². The monoisotopic (exact) mass is 361 g/mol. The van der Waals surface area contributed by atoms with Crippen molar-refractivity contribution in [3.8, 4) is 5.88 Å². The van der Waals surface area contributed by atoms with Crippen molar-refractivity contribution in [1.29, 1.82) is 0 Å². The van der Waals surface area contributed by atoms with Gasteiger partial charge in [0.25, 0.3) is 0 Å². The lowest BCUT2D eigenvalue weighted by molar-refractivity contribution is 0.290. The summed E-state index contributed by atoms with van der Waals surface area (Å²) in [4.78, 5) is 13.0. The molecule has 0 spiro atoms. The Balaban J connectivity index is 1.51. The maximum Gasteiger partial charge on any atom is 0.218 e. The molecule has 0 atom stereocenters. The Labute approximate surface area is 159 Å². The first kappa shape index (κ1) is 18.4. The highest BCUT2D eigenvalue weighted by molar-refractivity contribution is 5.77. The van der Waals surface area contributed by atoms with Gasteiger partial charge < -0.3 is 15.8 Å². The molecular formula is C21H23N5O. The van der Waals surface area contributed by atoms with Gasteiger partial charge in [-0.05, 0) is 23.8 Å². The van der Waals surface area contributed by atoms with Crippen molar-refractivity contribution >= 4 is 5.96 Å². The SMILES string of the molecule is NC(=NCc1cccnc1OCc1ccccc1)NCCc1ccccn1. The summed E-state index contributed by atoms with van der Waals surface area (Å²) in [7, 11) is 0. The van der Waals surface area contributed by atoms with Crippen molar-refractivity contribution in [3.63, 3.8) is 0 Å². The first-order valence-electron chi connectivity index (χ1n) is 8.85. The van der Waals surface area contributed by atoms with E-state index >= 15 is 0 Å². The van der Waals surface area contributed by atoms with Crippen LogP contribution < -0.4 is 15.8 Å². The highest BCUT2D eigenvalue weighted by Crippen LogP contribution is 2.17. The van der Waals surface area contributed by atoms with Crippen molar-refractivity contribution in [1.82, 2.24) is 15.3 Å². The summed E-state index contributed by atoms with van der Waals surface area (Å²) in [6.07, 6.45) is 4.28. The Kier molecular flexibility index (Phi) is 6.75. The number of rotatable bonds is 8. The molecule has 3 N–H and O–H groups in total. The second-order valence-electron chi connectivity index (χ2n) is 5.94. The van der Waals surface area contributed by atoms with Gasteiger partial charge in [-0.15, -0.1) is 0 Å². The number of guanidine groups is 1. The second-order valence-corrected chi connectivity index (χ2v) is 5.94. The third kappa shape index (κ3) is 6.11. The van der Waals surface area contributed by atoms with Crippen LogP contribution in [0.5, 0.6) is 5.88 Å². The van der Waals surface area contributed by atoms with E-state index in [4.69, 9.17) is 10.5 Å². The molecule has 2 heterocycles. The fourth-order valence-corrected chi connectivity index (χ4v) is 2.49. The molecule has 0 fully saturated rings. The molecule has 3 rings (SSSR count). The number of hydrogen-bond donors (Lipinski definition) is 2. The zero-order valence-corrected chi connectivity index (χ0v) is 15.1. The van der Waals surface area contributed by atoms with Crippen LogP contribution in [0.1, 0.15) is 16.8 Å². The lowest BCUT2D eigenvalue weighted by Gasteiger charge is -2.10. The van der Waals surface area contributed by atoms with Crippen LogP contribution in [0.15, 0.2) is 78.0 Å². The van der Waals surface area contributed by atoms with Gasteiger partial charge in [0.2, 0.25) is 5.88 Å². The first-order chi connectivity index (χ1) is 13.3. The molecule has 2 aromatic heterocycles. The predicted molar refractivity (Wildman–Crippen MR) is 106 cm³/mol. The molecule has 0 saturated carbocycles. The minimum Gasteiger partial charge on any atom is -0.473 e. The van der Waals surface area contributed by atoms with E-state index in [1.165, 1.54) is 0 Å². The zero-order chi connectivity index (χ0) is 18.7.